The van der Waals surface area contributed by atoms with Crippen molar-refractivity contribution in [3.05, 3.63) is 42.5 Å². The predicted molar refractivity (Wildman–Crippen MR) is 103 cm³/mol. The van der Waals surface area contributed by atoms with Gasteiger partial charge in [-0.3, -0.25) is 10.1 Å². The largest absolute Gasteiger partial charge is 0.450 e. The molecule has 0 radical (unpaired) electrons. The van der Waals surface area contributed by atoms with E-state index < -0.39 is 22.0 Å². The molecule has 1 saturated heterocycles. The molecule has 3 rings (SSSR count). The maximum atomic E-state index is 13.0. The highest BCUT2D eigenvalue weighted by molar-refractivity contribution is 7.89. The number of benzene rings is 2. The van der Waals surface area contributed by atoms with Gasteiger partial charge in [-0.15, -0.1) is 0 Å². The van der Waals surface area contributed by atoms with Crippen LogP contribution < -0.4 is 10.2 Å². The van der Waals surface area contributed by atoms with Crippen LogP contribution in [0.15, 0.2) is 47.4 Å². The van der Waals surface area contributed by atoms with E-state index >= 15 is 0 Å². The third-order valence-electron chi connectivity index (χ3n) is 4.72. The highest BCUT2D eigenvalue weighted by Crippen LogP contribution is 2.21. The van der Waals surface area contributed by atoms with Crippen LogP contribution in [0, 0.1) is 0 Å². The van der Waals surface area contributed by atoms with Crippen LogP contribution in [0.4, 0.5) is 4.79 Å². The number of alkyl carbamates (subject to hydrolysis) is 1. The zero-order valence-electron chi connectivity index (χ0n) is 15.7. The smallest absolute Gasteiger partial charge is 0.414 e. The zero-order chi connectivity index (χ0) is 20.1. The second-order valence-corrected chi connectivity index (χ2v) is 8.55. The average Bonchev–Trinajstić information content (AvgIpc) is 2.68. The molecule has 2 aromatic carbocycles. The van der Waals surface area contributed by atoms with Crippen LogP contribution in [0.5, 0.6) is 0 Å². The van der Waals surface area contributed by atoms with Gasteiger partial charge >= 0.3 is 6.09 Å². The predicted octanol–water partition coefficient (Wildman–Crippen LogP) is 0.00170. The van der Waals surface area contributed by atoms with Crippen molar-refractivity contribution < 1.29 is 27.6 Å². The summed E-state index contributed by atoms with van der Waals surface area (Å²) < 4.78 is 32.0. The number of carbonyl (C=O) groups excluding carboxylic acids is 2. The zero-order valence-corrected chi connectivity index (χ0v) is 16.5. The van der Waals surface area contributed by atoms with Crippen molar-refractivity contribution in [3.8, 4) is 0 Å². The lowest BCUT2D eigenvalue weighted by Crippen LogP contribution is -3.15. The van der Waals surface area contributed by atoms with E-state index in [-0.39, 0.29) is 18.0 Å². The summed E-state index contributed by atoms with van der Waals surface area (Å²) in [7, 11) is -3.59. The van der Waals surface area contributed by atoms with Crippen LogP contribution in [-0.4, -0.2) is 64.1 Å². The van der Waals surface area contributed by atoms with Crippen molar-refractivity contribution >= 4 is 32.8 Å². The summed E-state index contributed by atoms with van der Waals surface area (Å²) in [5.41, 5.74) is 0. The van der Waals surface area contributed by atoms with Crippen molar-refractivity contribution in [2.45, 2.75) is 11.8 Å². The number of hydrogen-bond donors (Lipinski definition) is 2. The Hall–Kier alpha value is -2.49. The van der Waals surface area contributed by atoms with Gasteiger partial charge in [-0.1, -0.05) is 30.3 Å². The Kier molecular flexibility index (Phi) is 6.28. The van der Waals surface area contributed by atoms with Gasteiger partial charge in [0.2, 0.25) is 10.0 Å². The number of ether oxygens (including phenoxy) is 1. The van der Waals surface area contributed by atoms with E-state index in [2.05, 4.69) is 10.1 Å². The molecule has 1 heterocycles. The summed E-state index contributed by atoms with van der Waals surface area (Å²) in [4.78, 5) is 24.3. The molecule has 28 heavy (non-hydrogen) atoms. The van der Waals surface area contributed by atoms with E-state index in [0.29, 0.717) is 26.2 Å². The molecule has 9 heteroatoms. The number of imide groups is 1. The van der Waals surface area contributed by atoms with E-state index in [1.165, 1.54) is 4.31 Å². The molecule has 150 valence electrons. The van der Waals surface area contributed by atoms with Crippen molar-refractivity contribution in [1.29, 1.82) is 0 Å². The van der Waals surface area contributed by atoms with Crippen molar-refractivity contribution in [2.24, 2.45) is 0 Å². The van der Waals surface area contributed by atoms with Crippen LogP contribution in [-0.2, 0) is 19.6 Å². The molecule has 0 spiro atoms. The second kappa shape index (κ2) is 8.68. The third-order valence-corrected chi connectivity index (χ3v) is 6.61. The van der Waals surface area contributed by atoms with E-state index in [9.17, 15) is 18.0 Å². The van der Waals surface area contributed by atoms with Gasteiger partial charge in [0.25, 0.3) is 5.91 Å². The molecule has 8 nitrogen and oxygen atoms in total. The third kappa shape index (κ3) is 4.67. The van der Waals surface area contributed by atoms with E-state index in [4.69, 9.17) is 0 Å². The molecule has 1 aliphatic heterocycles. The minimum atomic E-state index is -3.59. The van der Waals surface area contributed by atoms with Gasteiger partial charge in [-0.25, -0.2) is 13.2 Å². The number of rotatable bonds is 5. The summed E-state index contributed by atoms with van der Waals surface area (Å²) >= 11 is 0. The number of quaternary nitrogens is 1. The van der Waals surface area contributed by atoms with E-state index in [1.807, 2.05) is 30.3 Å². The molecule has 2 amide bonds. The number of carbonyl (C=O) groups is 2. The fourth-order valence-electron chi connectivity index (χ4n) is 3.25. The van der Waals surface area contributed by atoms with Gasteiger partial charge in [-0.2, -0.15) is 4.31 Å². The summed E-state index contributed by atoms with van der Waals surface area (Å²) in [5, 5.41) is 4.03. The Balaban J connectivity index is 1.60. The minimum Gasteiger partial charge on any atom is -0.450 e. The first-order chi connectivity index (χ1) is 13.4. The lowest BCUT2D eigenvalue weighted by molar-refractivity contribution is -0.895. The number of fused-ring (bicyclic) bond motifs is 1. The highest BCUT2D eigenvalue weighted by Gasteiger charge is 2.31. The molecule has 1 fully saturated rings. The number of nitrogens with one attached hydrogen (secondary N) is 2. The van der Waals surface area contributed by atoms with Gasteiger partial charge in [-0.05, 0) is 29.8 Å². The van der Waals surface area contributed by atoms with Gasteiger partial charge in [0.1, 0.15) is 0 Å². The average molecular weight is 406 g/mol. The Morgan fingerprint density at radius 3 is 2.46 bits per heavy atom. The molecule has 0 unspecified atom stereocenters. The Labute approximate surface area is 164 Å². The number of hydrogen-bond acceptors (Lipinski definition) is 5. The lowest BCUT2D eigenvalue weighted by atomic mass is 10.1. The lowest BCUT2D eigenvalue weighted by Gasteiger charge is -2.31. The molecule has 0 atom stereocenters. The van der Waals surface area contributed by atoms with Crippen LogP contribution in [0.2, 0.25) is 0 Å². The Morgan fingerprint density at radius 2 is 1.79 bits per heavy atom. The highest BCUT2D eigenvalue weighted by atomic mass is 32.2. The summed E-state index contributed by atoms with van der Waals surface area (Å²) in [6, 6.07) is 12.7. The fourth-order valence-corrected chi connectivity index (χ4v) is 4.73. The maximum absolute atomic E-state index is 13.0. The molecule has 1 aliphatic rings. The Morgan fingerprint density at radius 1 is 1.11 bits per heavy atom. The fraction of sp³-hybridized carbons (Fsp3) is 0.368. The molecule has 0 bridgehead atoms. The SMILES string of the molecule is CCOC(=O)NC(=O)C[NH+]1CCN(S(=O)(=O)c2ccc3ccccc3c2)CC1. The number of amides is 2. The topological polar surface area (TPSA) is 97.2 Å². The van der Waals surface area contributed by atoms with E-state index in [0.717, 1.165) is 15.7 Å². The van der Waals surface area contributed by atoms with Crippen molar-refractivity contribution in [1.82, 2.24) is 9.62 Å². The normalized spacial score (nSPS) is 16.0. The van der Waals surface area contributed by atoms with Gasteiger partial charge in [0.05, 0.1) is 37.7 Å². The standard InChI is InChI=1S/C19H23N3O5S/c1-2-27-19(24)20-18(23)14-21-9-11-22(12-10-21)28(25,26)17-8-7-15-5-3-4-6-16(15)13-17/h3-8,13H,2,9-12,14H2,1H3,(H,20,23,24)/p+1. The molecule has 0 aliphatic carbocycles. The molecule has 2 aromatic rings. The van der Waals surface area contributed by atoms with Crippen LogP contribution >= 0.6 is 0 Å². The van der Waals surface area contributed by atoms with Crippen LogP contribution in [0.1, 0.15) is 6.92 Å². The maximum Gasteiger partial charge on any atom is 0.414 e. The Bertz CT molecular complexity index is 968. The number of nitrogens with zero attached hydrogens (tertiary/aromatic N) is 1. The second-order valence-electron chi connectivity index (χ2n) is 6.61. The number of sulfonamides is 1. The summed E-state index contributed by atoms with van der Waals surface area (Å²) in [6.45, 7) is 3.56. The molecule has 0 aromatic heterocycles. The molecular formula is C19H24N3O5S+. The first kappa shape index (κ1) is 20.2. The summed E-state index contributed by atoms with van der Waals surface area (Å²) in [6.07, 6.45) is -0.760. The quantitative estimate of drug-likeness (QED) is 0.729. The van der Waals surface area contributed by atoms with Gasteiger partial charge in [0, 0.05) is 0 Å². The first-order valence-electron chi connectivity index (χ1n) is 9.19. The monoisotopic (exact) mass is 406 g/mol. The summed E-state index contributed by atoms with van der Waals surface area (Å²) in [5.74, 6) is -0.431. The molecule has 2 N–H and O–H groups in total. The van der Waals surface area contributed by atoms with Gasteiger partial charge < -0.3 is 9.64 Å². The minimum absolute atomic E-state index is 0.0999. The van der Waals surface area contributed by atoms with Crippen LogP contribution in [0.3, 0.4) is 0 Å². The van der Waals surface area contributed by atoms with Crippen LogP contribution in [0.25, 0.3) is 10.8 Å². The molecular weight excluding hydrogens is 382 g/mol. The van der Waals surface area contributed by atoms with E-state index in [1.54, 1.807) is 19.1 Å². The molecule has 0 saturated carbocycles. The van der Waals surface area contributed by atoms with Crippen molar-refractivity contribution in [2.75, 3.05) is 39.3 Å². The first-order valence-corrected chi connectivity index (χ1v) is 10.6. The van der Waals surface area contributed by atoms with Gasteiger partial charge in [0.15, 0.2) is 6.54 Å². The number of piperazine rings is 1. The van der Waals surface area contributed by atoms with Crippen molar-refractivity contribution in [3.63, 3.8) is 0 Å².